The van der Waals surface area contributed by atoms with Crippen LogP contribution in [-0.2, 0) is 31.8 Å². The van der Waals surface area contributed by atoms with E-state index in [1.807, 2.05) is 0 Å². The maximum atomic E-state index is 12.9. The summed E-state index contributed by atoms with van der Waals surface area (Å²) in [6.07, 6.45) is -14.9. The van der Waals surface area contributed by atoms with Gasteiger partial charge in [0.15, 0.2) is 28.6 Å². The third kappa shape index (κ3) is 7.42. The molecular formula is C32H42O17. The molecule has 49 heavy (non-hydrogen) atoms. The fourth-order valence-corrected chi connectivity index (χ4v) is 6.08. The SMILES string of the molecule is COc1cc(C[C@H]2COC(=O)[C@]2(O)Cc2ccc(O[C@@H]3O[C@H](CO)[C@@H](O)[C@H](O)[C@H]3O)c(OC)c2)ccc1O[C@@H]1O[C@H](CO)[C@@H](O)[C@H](O)[C@H]1O. The minimum absolute atomic E-state index is 0.0752. The van der Waals surface area contributed by atoms with Crippen molar-refractivity contribution in [1.82, 2.24) is 0 Å². The first-order chi connectivity index (χ1) is 23.3. The second-order valence-electron chi connectivity index (χ2n) is 12.2. The molecule has 0 saturated carbocycles. The molecule has 9 N–H and O–H groups in total. The van der Waals surface area contributed by atoms with Gasteiger partial charge in [-0.2, -0.15) is 0 Å². The molecule has 17 heteroatoms. The molecule has 0 aliphatic carbocycles. The van der Waals surface area contributed by atoms with E-state index in [9.17, 15) is 50.8 Å². The van der Waals surface area contributed by atoms with Gasteiger partial charge in [0, 0.05) is 12.3 Å². The number of esters is 1. The Labute approximate surface area is 280 Å². The van der Waals surface area contributed by atoms with Gasteiger partial charge >= 0.3 is 5.97 Å². The van der Waals surface area contributed by atoms with Crippen molar-refractivity contribution in [2.75, 3.05) is 34.0 Å². The predicted molar refractivity (Wildman–Crippen MR) is 162 cm³/mol. The lowest BCUT2D eigenvalue weighted by molar-refractivity contribution is -0.277. The van der Waals surface area contributed by atoms with Crippen molar-refractivity contribution in [2.24, 2.45) is 5.92 Å². The van der Waals surface area contributed by atoms with E-state index in [4.69, 9.17) is 33.2 Å². The minimum Gasteiger partial charge on any atom is -0.493 e. The van der Waals surface area contributed by atoms with E-state index in [0.717, 1.165) is 0 Å². The Morgan fingerprint density at radius 1 is 0.694 bits per heavy atom. The molecule has 0 amide bonds. The quantitative estimate of drug-likeness (QED) is 0.0986. The Bertz CT molecular complexity index is 1440. The number of cyclic esters (lactones) is 1. The highest BCUT2D eigenvalue weighted by atomic mass is 16.7. The number of aliphatic hydroxyl groups excluding tert-OH is 8. The fraction of sp³-hybridized carbons (Fsp3) is 0.594. The summed E-state index contributed by atoms with van der Waals surface area (Å²) in [7, 11) is 2.72. The third-order valence-corrected chi connectivity index (χ3v) is 9.04. The van der Waals surface area contributed by atoms with Crippen LogP contribution in [0.2, 0.25) is 0 Å². The largest absolute Gasteiger partial charge is 0.493 e. The van der Waals surface area contributed by atoms with Crippen LogP contribution in [0, 0.1) is 5.92 Å². The van der Waals surface area contributed by atoms with E-state index in [-0.39, 0.29) is 42.4 Å². The highest BCUT2D eigenvalue weighted by Gasteiger charge is 2.51. The normalized spacial score (nSPS) is 36.2. The lowest BCUT2D eigenvalue weighted by Gasteiger charge is -2.39. The van der Waals surface area contributed by atoms with Crippen molar-refractivity contribution >= 4 is 5.97 Å². The molecule has 0 spiro atoms. The van der Waals surface area contributed by atoms with Crippen LogP contribution in [0.3, 0.4) is 0 Å². The van der Waals surface area contributed by atoms with Crippen LogP contribution in [0.4, 0.5) is 0 Å². The van der Waals surface area contributed by atoms with Crippen molar-refractivity contribution in [2.45, 2.75) is 79.9 Å². The highest BCUT2D eigenvalue weighted by molar-refractivity contribution is 5.82. The number of aliphatic hydroxyl groups is 9. The molecule has 2 aromatic rings. The van der Waals surface area contributed by atoms with E-state index in [0.29, 0.717) is 11.1 Å². The summed E-state index contributed by atoms with van der Waals surface area (Å²) in [6.45, 7) is -1.35. The Morgan fingerprint density at radius 3 is 1.63 bits per heavy atom. The maximum absolute atomic E-state index is 12.9. The summed E-state index contributed by atoms with van der Waals surface area (Å²) in [5.74, 6) is -1.01. The number of carbonyl (C=O) groups is 1. The summed E-state index contributed by atoms with van der Waals surface area (Å²) < 4.78 is 38.4. The van der Waals surface area contributed by atoms with E-state index in [2.05, 4.69) is 0 Å². The van der Waals surface area contributed by atoms with Gasteiger partial charge in [0.25, 0.3) is 0 Å². The number of ether oxygens (including phenoxy) is 7. The average molecular weight is 699 g/mol. The van der Waals surface area contributed by atoms with Crippen LogP contribution in [0.15, 0.2) is 36.4 Å². The monoisotopic (exact) mass is 698 g/mol. The van der Waals surface area contributed by atoms with Crippen LogP contribution in [0.1, 0.15) is 11.1 Å². The van der Waals surface area contributed by atoms with E-state index in [1.165, 1.54) is 32.4 Å². The molecule has 12 atom stereocenters. The van der Waals surface area contributed by atoms with Gasteiger partial charge < -0.3 is 79.1 Å². The predicted octanol–water partition coefficient (Wildman–Crippen LogP) is -3.25. The smallest absolute Gasteiger partial charge is 0.338 e. The molecule has 272 valence electrons. The Balaban J connectivity index is 1.29. The molecule has 3 aliphatic rings. The van der Waals surface area contributed by atoms with Crippen molar-refractivity contribution < 1.29 is 83.9 Å². The van der Waals surface area contributed by atoms with Crippen LogP contribution in [-0.4, -0.2) is 153 Å². The van der Waals surface area contributed by atoms with E-state index >= 15 is 0 Å². The second-order valence-corrected chi connectivity index (χ2v) is 12.2. The highest BCUT2D eigenvalue weighted by Crippen LogP contribution is 2.39. The standard InChI is InChI=1S/C32H42O17/c1-43-19-8-14(3-5-17(19)46-29-27(39)25(37)23(35)21(11-33)48-29)7-16-13-45-31(41)32(16,42)10-15-4-6-18(20(9-15)44-2)47-30-28(40)26(38)24(36)22(12-34)49-30/h3-6,8-9,16,21-30,33-40,42H,7,10-13H2,1-2H3/t16-,21+,22+,23+,24+,25-,26-,27+,28+,29+,30+,32-/m0/s1. The zero-order chi connectivity index (χ0) is 35.6. The van der Waals surface area contributed by atoms with Crippen LogP contribution >= 0.6 is 0 Å². The van der Waals surface area contributed by atoms with Gasteiger partial charge in [-0.3, -0.25) is 0 Å². The summed E-state index contributed by atoms with van der Waals surface area (Å²) in [4.78, 5) is 12.9. The van der Waals surface area contributed by atoms with E-state index < -0.39 is 92.1 Å². The van der Waals surface area contributed by atoms with Gasteiger partial charge in [-0.25, -0.2) is 4.79 Å². The van der Waals surface area contributed by atoms with Crippen molar-refractivity contribution in [3.8, 4) is 23.0 Å². The number of methoxy groups -OCH3 is 2. The lowest BCUT2D eigenvalue weighted by Crippen LogP contribution is -2.60. The second kappa shape index (κ2) is 15.3. The summed E-state index contributed by atoms with van der Waals surface area (Å²) in [5.41, 5.74) is -0.866. The van der Waals surface area contributed by atoms with Gasteiger partial charge in [0.2, 0.25) is 12.6 Å². The zero-order valence-corrected chi connectivity index (χ0v) is 26.6. The van der Waals surface area contributed by atoms with E-state index in [1.54, 1.807) is 18.2 Å². The van der Waals surface area contributed by atoms with Gasteiger partial charge in [-0.1, -0.05) is 12.1 Å². The maximum Gasteiger partial charge on any atom is 0.338 e. The van der Waals surface area contributed by atoms with Gasteiger partial charge in [-0.15, -0.1) is 0 Å². The Morgan fingerprint density at radius 2 is 1.16 bits per heavy atom. The number of hydrogen-bond acceptors (Lipinski definition) is 17. The number of hydrogen-bond donors (Lipinski definition) is 9. The molecule has 2 aromatic carbocycles. The average Bonchev–Trinajstić information content (AvgIpc) is 3.37. The zero-order valence-electron chi connectivity index (χ0n) is 26.6. The molecule has 0 aromatic heterocycles. The van der Waals surface area contributed by atoms with Gasteiger partial charge in [0.05, 0.1) is 34.0 Å². The summed E-state index contributed by atoms with van der Waals surface area (Å²) >= 11 is 0. The first-order valence-corrected chi connectivity index (χ1v) is 15.5. The van der Waals surface area contributed by atoms with Gasteiger partial charge in [0.1, 0.15) is 48.8 Å². The molecule has 17 nitrogen and oxygen atoms in total. The van der Waals surface area contributed by atoms with Gasteiger partial charge in [-0.05, 0) is 41.8 Å². The van der Waals surface area contributed by atoms with Crippen LogP contribution < -0.4 is 18.9 Å². The topological polar surface area (TPSA) is 264 Å². The summed E-state index contributed by atoms with van der Waals surface area (Å²) in [5, 5.41) is 91.5. The van der Waals surface area contributed by atoms with Crippen LogP contribution in [0.25, 0.3) is 0 Å². The molecular weight excluding hydrogens is 656 g/mol. The molecule has 3 aliphatic heterocycles. The first-order valence-electron chi connectivity index (χ1n) is 15.5. The van der Waals surface area contributed by atoms with Crippen molar-refractivity contribution in [3.05, 3.63) is 47.5 Å². The lowest BCUT2D eigenvalue weighted by atomic mass is 9.81. The fourth-order valence-electron chi connectivity index (χ4n) is 6.08. The molecule has 3 heterocycles. The number of carbonyl (C=O) groups excluding carboxylic acids is 1. The molecule has 0 bridgehead atoms. The summed E-state index contributed by atoms with van der Waals surface area (Å²) in [6, 6.07) is 9.25. The number of rotatable bonds is 12. The Kier molecular flexibility index (Phi) is 11.5. The van der Waals surface area contributed by atoms with Crippen molar-refractivity contribution in [3.63, 3.8) is 0 Å². The molecule has 3 saturated heterocycles. The minimum atomic E-state index is -1.95. The molecule has 5 rings (SSSR count). The first kappa shape index (κ1) is 36.9. The Hall–Kier alpha value is -3.33. The molecule has 0 radical (unpaired) electrons. The molecule has 3 fully saturated rings. The van der Waals surface area contributed by atoms with Crippen molar-refractivity contribution in [1.29, 1.82) is 0 Å². The van der Waals surface area contributed by atoms with Crippen LogP contribution in [0.5, 0.6) is 23.0 Å². The number of benzene rings is 2. The third-order valence-electron chi connectivity index (χ3n) is 9.04. The molecule has 0 unspecified atom stereocenters.